The van der Waals surface area contributed by atoms with E-state index in [4.69, 9.17) is 21.9 Å². The molecule has 0 atom stereocenters. The zero-order valence-electron chi connectivity index (χ0n) is 10.6. The summed E-state index contributed by atoms with van der Waals surface area (Å²) in [6.07, 6.45) is 1.64. The number of thioether (sulfide) groups is 1. The van der Waals surface area contributed by atoms with Crippen molar-refractivity contribution in [1.29, 1.82) is 5.26 Å². The number of carbonyl (C=O) groups excluding carboxylic acids is 1. The van der Waals surface area contributed by atoms with E-state index >= 15 is 0 Å². The topological polar surface area (TPSA) is 66.0 Å². The highest BCUT2D eigenvalue weighted by Gasteiger charge is 2.22. The normalized spacial score (nSPS) is 16.0. The highest BCUT2D eigenvalue weighted by Crippen LogP contribution is 2.29. The lowest BCUT2D eigenvalue weighted by molar-refractivity contribution is -0.115. The maximum Gasteiger partial charge on any atom is 0.263 e. The number of rotatable bonds is 2. The maximum absolute atomic E-state index is 11.6. The van der Waals surface area contributed by atoms with Crippen LogP contribution in [-0.2, 0) is 4.79 Å². The number of nitrogens with zero attached hydrogens (tertiary/aromatic N) is 1. The van der Waals surface area contributed by atoms with E-state index in [1.54, 1.807) is 30.3 Å². The van der Waals surface area contributed by atoms with Crippen molar-refractivity contribution >= 4 is 40.3 Å². The molecule has 0 unspecified atom stereocenters. The molecule has 0 radical (unpaired) electrons. The lowest BCUT2D eigenvalue weighted by Crippen LogP contribution is -2.17. The van der Waals surface area contributed by atoms with Crippen LogP contribution in [0.25, 0.3) is 17.4 Å². The third-order valence-corrected chi connectivity index (χ3v) is 4.02. The molecule has 0 bridgehead atoms. The highest BCUT2D eigenvalue weighted by atomic mass is 32.2. The van der Waals surface area contributed by atoms with Gasteiger partial charge in [-0.1, -0.05) is 36.1 Å². The number of benzene rings is 1. The van der Waals surface area contributed by atoms with Crippen LogP contribution in [0.2, 0.25) is 0 Å². The van der Waals surface area contributed by atoms with E-state index < -0.39 is 0 Å². The van der Waals surface area contributed by atoms with E-state index in [9.17, 15) is 4.79 Å². The van der Waals surface area contributed by atoms with E-state index in [2.05, 4.69) is 11.4 Å². The van der Waals surface area contributed by atoms with Crippen LogP contribution in [-0.4, -0.2) is 10.2 Å². The fraction of sp³-hybridized carbons (Fsp3) is 0. The Labute approximate surface area is 130 Å². The monoisotopic (exact) mass is 312 g/mol. The fourth-order valence-electron chi connectivity index (χ4n) is 1.92. The van der Waals surface area contributed by atoms with Crippen LogP contribution in [0.15, 0.2) is 45.7 Å². The molecule has 4 nitrogen and oxygen atoms in total. The number of carbonyl (C=O) groups is 1. The van der Waals surface area contributed by atoms with E-state index in [0.29, 0.717) is 26.3 Å². The maximum atomic E-state index is 11.6. The quantitative estimate of drug-likeness (QED) is 0.681. The Morgan fingerprint density at radius 3 is 2.81 bits per heavy atom. The molecule has 0 spiro atoms. The van der Waals surface area contributed by atoms with E-state index in [1.807, 2.05) is 12.1 Å². The molecule has 1 amide bonds. The zero-order valence-corrected chi connectivity index (χ0v) is 12.3. The van der Waals surface area contributed by atoms with Crippen LogP contribution in [0.5, 0.6) is 0 Å². The molecule has 1 aromatic heterocycles. The van der Waals surface area contributed by atoms with Crippen molar-refractivity contribution in [3.8, 4) is 17.4 Å². The summed E-state index contributed by atoms with van der Waals surface area (Å²) in [4.78, 5) is 12.1. The van der Waals surface area contributed by atoms with Gasteiger partial charge in [0, 0.05) is 11.6 Å². The Kier molecular flexibility index (Phi) is 3.60. The number of thiocarbonyl (C=S) groups is 1. The summed E-state index contributed by atoms with van der Waals surface area (Å²) in [5.41, 5.74) is 1.27. The van der Waals surface area contributed by atoms with Crippen molar-refractivity contribution in [2.75, 3.05) is 0 Å². The number of amides is 1. The molecule has 1 saturated heterocycles. The molecule has 102 valence electrons. The lowest BCUT2D eigenvalue weighted by Gasteiger charge is -1.98. The first-order chi connectivity index (χ1) is 10.2. The molecule has 1 aromatic carbocycles. The predicted molar refractivity (Wildman–Crippen MR) is 85.2 cm³/mol. The van der Waals surface area contributed by atoms with Gasteiger partial charge in [0.15, 0.2) is 0 Å². The second-order valence-electron chi connectivity index (χ2n) is 4.21. The first kappa shape index (κ1) is 13.6. The van der Waals surface area contributed by atoms with Crippen LogP contribution in [0.1, 0.15) is 11.3 Å². The van der Waals surface area contributed by atoms with Gasteiger partial charge in [0.1, 0.15) is 15.8 Å². The van der Waals surface area contributed by atoms with Crippen molar-refractivity contribution in [2.45, 2.75) is 0 Å². The van der Waals surface area contributed by atoms with Gasteiger partial charge in [-0.2, -0.15) is 5.26 Å². The third kappa shape index (κ3) is 2.75. The summed E-state index contributed by atoms with van der Waals surface area (Å²) >= 11 is 6.13. The Hall–Kier alpha value is -2.36. The first-order valence-electron chi connectivity index (χ1n) is 6.01. The van der Waals surface area contributed by atoms with E-state index in [1.165, 1.54) is 11.8 Å². The average Bonchev–Trinajstić information content (AvgIpc) is 3.06. The number of hydrogen-bond acceptors (Lipinski definition) is 5. The summed E-state index contributed by atoms with van der Waals surface area (Å²) in [5, 5.41) is 11.7. The minimum Gasteiger partial charge on any atom is -0.457 e. The highest BCUT2D eigenvalue weighted by molar-refractivity contribution is 8.26. The first-order valence-corrected chi connectivity index (χ1v) is 7.24. The predicted octanol–water partition coefficient (Wildman–Crippen LogP) is 3.31. The van der Waals surface area contributed by atoms with Crippen molar-refractivity contribution < 1.29 is 9.21 Å². The van der Waals surface area contributed by atoms with Gasteiger partial charge < -0.3 is 9.73 Å². The molecule has 2 heterocycles. The minimum absolute atomic E-state index is 0.222. The van der Waals surface area contributed by atoms with Crippen molar-refractivity contribution in [2.24, 2.45) is 0 Å². The lowest BCUT2D eigenvalue weighted by atomic mass is 10.1. The van der Waals surface area contributed by atoms with E-state index in [0.717, 1.165) is 5.56 Å². The summed E-state index contributed by atoms with van der Waals surface area (Å²) in [6.45, 7) is 0. The molecule has 1 aliphatic rings. The molecule has 2 aromatic rings. The molecule has 0 saturated carbocycles. The Balaban J connectivity index is 1.94. The minimum atomic E-state index is -0.222. The number of nitriles is 1. The standard InChI is InChI=1S/C15H8N2O2S2/c16-8-9-3-1-2-4-11(9)12-6-5-10(19-12)7-13-14(18)17-15(20)21-13/h1-7H,(H,17,18,20)/b13-7-. The summed E-state index contributed by atoms with van der Waals surface area (Å²) in [6, 6.07) is 12.9. The van der Waals surface area contributed by atoms with Crippen molar-refractivity contribution in [1.82, 2.24) is 5.32 Å². The summed E-state index contributed by atoms with van der Waals surface area (Å²) in [5.74, 6) is 0.908. The Bertz CT molecular complexity index is 815. The molecule has 1 fully saturated rings. The second-order valence-corrected chi connectivity index (χ2v) is 5.93. The van der Waals surface area contributed by atoms with Gasteiger partial charge in [0.05, 0.1) is 16.5 Å². The number of nitrogens with one attached hydrogen (secondary N) is 1. The smallest absolute Gasteiger partial charge is 0.263 e. The van der Waals surface area contributed by atoms with Gasteiger partial charge in [-0.3, -0.25) is 4.79 Å². The third-order valence-electron chi connectivity index (χ3n) is 2.86. The van der Waals surface area contributed by atoms with Crippen LogP contribution >= 0.6 is 24.0 Å². The van der Waals surface area contributed by atoms with Crippen LogP contribution < -0.4 is 5.32 Å². The summed E-state index contributed by atoms with van der Waals surface area (Å²) < 4.78 is 6.13. The molecule has 1 N–H and O–H groups in total. The summed E-state index contributed by atoms with van der Waals surface area (Å²) in [7, 11) is 0. The fourth-order valence-corrected chi connectivity index (χ4v) is 2.95. The zero-order chi connectivity index (χ0) is 14.8. The van der Waals surface area contributed by atoms with Crippen molar-refractivity contribution in [3.05, 3.63) is 52.6 Å². The van der Waals surface area contributed by atoms with Gasteiger partial charge in [0.2, 0.25) is 0 Å². The number of hydrogen-bond donors (Lipinski definition) is 1. The molecule has 1 aliphatic heterocycles. The molecule has 3 rings (SSSR count). The molecule has 6 heteroatoms. The largest absolute Gasteiger partial charge is 0.457 e. The van der Waals surface area contributed by atoms with Crippen LogP contribution in [0, 0.1) is 11.3 Å². The van der Waals surface area contributed by atoms with Crippen LogP contribution in [0.3, 0.4) is 0 Å². The van der Waals surface area contributed by atoms with Gasteiger partial charge in [-0.05, 0) is 24.3 Å². The van der Waals surface area contributed by atoms with Gasteiger partial charge in [0.25, 0.3) is 5.91 Å². The van der Waals surface area contributed by atoms with E-state index in [-0.39, 0.29) is 5.91 Å². The Morgan fingerprint density at radius 1 is 1.29 bits per heavy atom. The van der Waals surface area contributed by atoms with Gasteiger partial charge in [-0.15, -0.1) is 0 Å². The average molecular weight is 312 g/mol. The second kappa shape index (κ2) is 5.56. The van der Waals surface area contributed by atoms with Crippen molar-refractivity contribution in [3.63, 3.8) is 0 Å². The van der Waals surface area contributed by atoms with Crippen LogP contribution in [0.4, 0.5) is 0 Å². The molecular formula is C15H8N2O2S2. The number of furan rings is 1. The van der Waals surface area contributed by atoms with Gasteiger partial charge in [-0.25, -0.2) is 0 Å². The van der Waals surface area contributed by atoms with Gasteiger partial charge >= 0.3 is 0 Å². The Morgan fingerprint density at radius 2 is 2.10 bits per heavy atom. The molecular weight excluding hydrogens is 304 g/mol. The molecule has 0 aliphatic carbocycles. The SMILES string of the molecule is N#Cc1ccccc1-c1ccc(/C=C2\SC(=S)NC2=O)o1. The molecule has 21 heavy (non-hydrogen) atoms.